The maximum absolute atomic E-state index is 11.9. The molecule has 0 amide bonds. The molecule has 4 heteroatoms. The van der Waals surface area contributed by atoms with Crippen LogP contribution in [0.25, 0.3) is 0 Å². The Kier molecular flexibility index (Phi) is 7.52. The van der Waals surface area contributed by atoms with Gasteiger partial charge in [-0.2, -0.15) is 6.07 Å². The van der Waals surface area contributed by atoms with Crippen molar-refractivity contribution in [3.05, 3.63) is 35.9 Å². The van der Waals surface area contributed by atoms with Crippen molar-refractivity contribution < 1.29 is 21.2 Å². The Morgan fingerprint density at radius 3 is 2.20 bits per heavy atom. The molecule has 0 bridgehead atoms. The average molecular weight is 173 g/mol. The Balaban J connectivity index is 0. The summed E-state index contributed by atoms with van der Waals surface area (Å²) < 4.78 is 23.8. The van der Waals surface area contributed by atoms with Crippen LogP contribution >= 0.6 is 0 Å². The van der Waals surface area contributed by atoms with E-state index in [0.29, 0.717) is 0 Å². The smallest absolute Gasteiger partial charge is 1.00 e. The molecular weight excluding hydrogens is 170 g/mol. The van der Waals surface area contributed by atoms with Crippen LogP contribution in [0.15, 0.2) is 18.2 Å². The van der Waals surface area contributed by atoms with Gasteiger partial charge >= 0.3 is 23.1 Å². The van der Waals surface area contributed by atoms with E-state index in [4.69, 9.17) is 0 Å². The van der Waals surface area contributed by atoms with Crippen LogP contribution in [0.1, 0.15) is 0 Å². The first kappa shape index (κ1) is 12.8. The molecule has 1 rings (SSSR count). The summed E-state index contributed by atoms with van der Waals surface area (Å²) in [5, 5.41) is 0. The van der Waals surface area contributed by atoms with Gasteiger partial charge in [0.25, 0.3) is 0 Å². The van der Waals surface area contributed by atoms with Crippen molar-refractivity contribution >= 4 is 23.1 Å². The molecule has 1 aromatic rings. The molecule has 0 saturated heterocycles. The summed E-state index contributed by atoms with van der Waals surface area (Å²) in [6.07, 6.45) is 0. The summed E-state index contributed by atoms with van der Waals surface area (Å²) >= 11 is 0. The molecule has 0 unspecified atom stereocenters. The standard InChI is InChI=1S/C6H3F2.ClH.Mg/c7-5-2-1-3-6(8)4-5;;/h1-2,4H;1H;/q-1;;+2/p-1. The van der Waals surface area contributed by atoms with Gasteiger partial charge in [0.1, 0.15) is 0 Å². The molecule has 0 saturated carbocycles. The number of rotatable bonds is 0. The SMILES string of the molecule is Fc1[c-]ccc(F)c1.[Cl-].[Mg+2]. The zero-order valence-corrected chi connectivity index (χ0v) is 7.24. The second-order valence-electron chi connectivity index (χ2n) is 1.35. The first-order valence-electron chi connectivity index (χ1n) is 2.12. The van der Waals surface area contributed by atoms with E-state index in [-0.39, 0.29) is 35.5 Å². The van der Waals surface area contributed by atoms with E-state index >= 15 is 0 Å². The molecule has 0 aliphatic carbocycles. The Bertz CT molecular complexity index is 176. The molecular formula is C6H3ClF2Mg. The molecule has 0 nitrogen and oxygen atoms in total. The van der Waals surface area contributed by atoms with Gasteiger partial charge in [0, 0.05) is 11.6 Å². The van der Waals surface area contributed by atoms with Crippen molar-refractivity contribution in [2.45, 2.75) is 0 Å². The van der Waals surface area contributed by atoms with E-state index in [9.17, 15) is 8.78 Å². The van der Waals surface area contributed by atoms with Crippen LogP contribution in [-0.2, 0) is 0 Å². The number of benzene rings is 1. The van der Waals surface area contributed by atoms with Crippen LogP contribution in [0, 0.1) is 17.7 Å². The fraction of sp³-hybridized carbons (Fsp3) is 0. The van der Waals surface area contributed by atoms with E-state index < -0.39 is 11.6 Å². The van der Waals surface area contributed by atoms with Gasteiger partial charge in [0.05, 0.1) is 0 Å². The van der Waals surface area contributed by atoms with E-state index in [1.54, 1.807) is 0 Å². The third-order valence-electron chi connectivity index (χ3n) is 0.728. The molecule has 50 valence electrons. The molecule has 0 spiro atoms. The average Bonchev–Trinajstić information content (AvgIpc) is 1.64. The maximum atomic E-state index is 11.9. The number of hydrogen-bond acceptors (Lipinski definition) is 0. The number of halogens is 3. The largest absolute Gasteiger partial charge is 2.00 e. The van der Waals surface area contributed by atoms with Crippen LogP contribution in [0.3, 0.4) is 0 Å². The Labute approximate surface area is 80.2 Å². The fourth-order valence-electron chi connectivity index (χ4n) is 0.412. The van der Waals surface area contributed by atoms with Crippen LogP contribution in [0.2, 0.25) is 0 Å². The minimum absolute atomic E-state index is 0. The summed E-state index contributed by atoms with van der Waals surface area (Å²) in [7, 11) is 0. The normalized spacial score (nSPS) is 7.40. The van der Waals surface area contributed by atoms with Gasteiger partial charge in [-0.3, -0.25) is 0 Å². The van der Waals surface area contributed by atoms with Gasteiger partial charge in [-0.1, -0.05) is 0 Å². The predicted octanol–water partition coefficient (Wildman–Crippen LogP) is -1.61. The monoisotopic (exact) mass is 172 g/mol. The van der Waals surface area contributed by atoms with E-state index in [1.165, 1.54) is 6.07 Å². The Hall–Kier alpha value is 0.136. The molecule has 0 radical (unpaired) electrons. The van der Waals surface area contributed by atoms with E-state index in [1.807, 2.05) is 0 Å². The van der Waals surface area contributed by atoms with Crippen molar-refractivity contribution in [1.82, 2.24) is 0 Å². The minimum Gasteiger partial charge on any atom is -1.00 e. The van der Waals surface area contributed by atoms with Crippen LogP contribution < -0.4 is 12.4 Å². The van der Waals surface area contributed by atoms with Gasteiger partial charge in [-0.15, -0.1) is 18.2 Å². The zero-order chi connectivity index (χ0) is 5.98. The maximum Gasteiger partial charge on any atom is 2.00 e. The Morgan fingerprint density at radius 2 is 1.90 bits per heavy atom. The quantitative estimate of drug-likeness (QED) is 0.327. The minimum atomic E-state index is -0.662. The Morgan fingerprint density at radius 1 is 1.30 bits per heavy atom. The topological polar surface area (TPSA) is 0 Å². The second kappa shape index (κ2) is 5.89. The molecule has 0 fully saturated rings. The fourth-order valence-corrected chi connectivity index (χ4v) is 0.412. The molecule has 1 aromatic carbocycles. The van der Waals surface area contributed by atoms with E-state index in [0.717, 1.165) is 12.1 Å². The van der Waals surface area contributed by atoms with Crippen LogP contribution in [0.4, 0.5) is 8.78 Å². The van der Waals surface area contributed by atoms with Gasteiger partial charge in [-0.05, 0) is 0 Å². The van der Waals surface area contributed by atoms with Gasteiger partial charge in [0.15, 0.2) is 0 Å². The first-order valence-corrected chi connectivity index (χ1v) is 2.12. The van der Waals surface area contributed by atoms with Crippen molar-refractivity contribution in [3.63, 3.8) is 0 Å². The zero-order valence-electron chi connectivity index (χ0n) is 5.07. The third kappa shape index (κ3) is 4.03. The number of hydrogen-bond donors (Lipinski definition) is 0. The van der Waals surface area contributed by atoms with Crippen LogP contribution in [0.5, 0.6) is 0 Å². The van der Waals surface area contributed by atoms with Gasteiger partial charge < -0.3 is 12.4 Å². The molecule has 0 aromatic heterocycles. The van der Waals surface area contributed by atoms with Crippen molar-refractivity contribution in [1.29, 1.82) is 0 Å². The van der Waals surface area contributed by atoms with Crippen molar-refractivity contribution in [2.75, 3.05) is 0 Å². The molecule has 10 heavy (non-hydrogen) atoms. The summed E-state index contributed by atoms with van der Waals surface area (Å²) in [5.41, 5.74) is 0. The summed E-state index contributed by atoms with van der Waals surface area (Å²) in [4.78, 5) is 0. The van der Waals surface area contributed by atoms with Crippen LogP contribution in [-0.4, -0.2) is 23.1 Å². The van der Waals surface area contributed by atoms with Gasteiger partial charge in [-0.25, -0.2) is 8.78 Å². The van der Waals surface area contributed by atoms with Crippen molar-refractivity contribution in [3.8, 4) is 0 Å². The molecule has 0 N–H and O–H groups in total. The molecule has 0 atom stereocenters. The summed E-state index contributed by atoms with van der Waals surface area (Å²) in [5.74, 6) is -1.23. The third-order valence-corrected chi connectivity index (χ3v) is 0.728. The molecule has 0 heterocycles. The molecule has 0 aliphatic heterocycles. The predicted molar refractivity (Wildman–Crippen MR) is 30.9 cm³/mol. The van der Waals surface area contributed by atoms with E-state index in [2.05, 4.69) is 6.07 Å². The molecule has 0 aliphatic rings. The van der Waals surface area contributed by atoms with Crippen molar-refractivity contribution in [2.24, 2.45) is 0 Å². The van der Waals surface area contributed by atoms with Gasteiger partial charge in [0.2, 0.25) is 0 Å². The summed E-state index contributed by atoms with van der Waals surface area (Å²) in [6, 6.07) is 5.28. The second-order valence-corrected chi connectivity index (χ2v) is 1.35. The first-order chi connectivity index (χ1) is 3.79. The summed E-state index contributed by atoms with van der Waals surface area (Å²) in [6.45, 7) is 0.